The molecule has 130 valence electrons. The van der Waals surface area contributed by atoms with Crippen molar-refractivity contribution in [3.05, 3.63) is 64.6 Å². The molecule has 5 nitrogen and oxygen atoms in total. The van der Waals surface area contributed by atoms with Gasteiger partial charge in [-0.1, -0.05) is 46.3 Å². The number of ether oxygens (including phenoxy) is 1. The summed E-state index contributed by atoms with van der Waals surface area (Å²) < 4.78 is 6.46. The molecular formula is C19H19BrN2O3. The Hall–Kier alpha value is -2.18. The van der Waals surface area contributed by atoms with Crippen molar-refractivity contribution in [2.24, 2.45) is 0 Å². The Labute approximate surface area is 155 Å². The van der Waals surface area contributed by atoms with Crippen LogP contribution in [0, 0.1) is 0 Å². The van der Waals surface area contributed by atoms with Crippen LogP contribution < -0.4 is 5.32 Å². The van der Waals surface area contributed by atoms with Crippen molar-refractivity contribution in [3.63, 3.8) is 0 Å². The van der Waals surface area contributed by atoms with Crippen LogP contribution in [-0.2, 0) is 20.9 Å². The topological polar surface area (TPSA) is 58.6 Å². The third-order valence-corrected chi connectivity index (χ3v) is 4.51. The molecule has 3 rings (SSSR count). The van der Waals surface area contributed by atoms with Gasteiger partial charge in [0.15, 0.2) is 0 Å². The smallest absolute Gasteiger partial charge is 0.252 e. The Morgan fingerprint density at radius 1 is 1.16 bits per heavy atom. The minimum absolute atomic E-state index is 0.0141. The number of amides is 2. The second-order valence-electron chi connectivity index (χ2n) is 5.86. The molecule has 25 heavy (non-hydrogen) atoms. The van der Waals surface area contributed by atoms with Crippen molar-refractivity contribution in [3.8, 4) is 0 Å². The van der Waals surface area contributed by atoms with E-state index in [0.717, 1.165) is 10.0 Å². The Morgan fingerprint density at radius 3 is 2.60 bits per heavy atom. The molecule has 0 aliphatic carbocycles. The molecular weight excluding hydrogens is 384 g/mol. The summed E-state index contributed by atoms with van der Waals surface area (Å²) in [6.45, 7) is 1.52. The molecule has 2 aromatic carbocycles. The van der Waals surface area contributed by atoms with Gasteiger partial charge in [-0.2, -0.15) is 0 Å². The van der Waals surface area contributed by atoms with E-state index in [1.54, 1.807) is 17.0 Å². The molecule has 1 atom stereocenters. The number of hydrogen-bond acceptors (Lipinski definition) is 3. The van der Waals surface area contributed by atoms with Crippen LogP contribution in [0.4, 0.5) is 5.69 Å². The van der Waals surface area contributed by atoms with Gasteiger partial charge < -0.3 is 15.0 Å². The Balaban J connectivity index is 1.57. The normalized spacial score (nSPS) is 17.4. The molecule has 1 N–H and O–H groups in total. The zero-order valence-corrected chi connectivity index (χ0v) is 15.2. The molecule has 1 heterocycles. The van der Waals surface area contributed by atoms with Crippen LogP contribution in [0.25, 0.3) is 0 Å². The zero-order valence-electron chi connectivity index (χ0n) is 13.7. The van der Waals surface area contributed by atoms with E-state index in [9.17, 15) is 9.59 Å². The van der Waals surface area contributed by atoms with Crippen LogP contribution in [0.15, 0.2) is 59.1 Å². The summed E-state index contributed by atoms with van der Waals surface area (Å²) in [6.07, 6.45) is -0.715. The van der Waals surface area contributed by atoms with Crippen LogP contribution in [-0.4, -0.2) is 36.0 Å². The van der Waals surface area contributed by atoms with Crippen molar-refractivity contribution in [1.82, 2.24) is 4.90 Å². The summed E-state index contributed by atoms with van der Waals surface area (Å²) in [5.41, 5.74) is 1.76. The fourth-order valence-electron chi connectivity index (χ4n) is 2.71. The summed E-state index contributed by atoms with van der Waals surface area (Å²) in [6, 6.07) is 17.1. The molecule has 2 amide bonds. The largest absolute Gasteiger partial charge is 0.366 e. The average Bonchev–Trinajstić information content (AvgIpc) is 2.61. The summed E-state index contributed by atoms with van der Waals surface area (Å²) in [5.74, 6) is -0.372. The highest BCUT2D eigenvalue weighted by atomic mass is 79.9. The molecule has 1 aliphatic heterocycles. The Bertz CT molecular complexity index is 734. The lowest BCUT2D eigenvalue weighted by atomic mass is 10.1. The average molecular weight is 403 g/mol. The van der Waals surface area contributed by atoms with Crippen molar-refractivity contribution >= 4 is 33.4 Å². The van der Waals surface area contributed by atoms with Gasteiger partial charge in [-0.05, 0) is 29.8 Å². The number of hydrogen-bond donors (Lipinski definition) is 1. The van der Waals surface area contributed by atoms with Crippen LogP contribution in [0.3, 0.4) is 0 Å². The van der Waals surface area contributed by atoms with Gasteiger partial charge in [0, 0.05) is 23.2 Å². The first kappa shape index (κ1) is 17.6. The third kappa shape index (κ3) is 4.90. The number of rotatable bonds is 5. The first-order valence-electron chi connectivity index (χ1n) is 8.11. The number of nitrogens with zero attached hydrogens (tertiary/aromatic N) is 1. The van der Waals surface area contributed by atoms with Crippen molar-refractivity contribution < 1.29 is 14.3 Å². The first-order valence-corrected chi connectivity index (χ1v) is 8.91. The lowest BCUT2D eigenvalue weighted by Gasteiger charge is -2.32. The maximum Gasteiger partial charge on any atom is 0.252 e. The number of halogens is 1. The van der Waals surface area contributed by atoms with Gasteiger partial charge in [0.1, 0.15) is 6.10 Å². The SMILES string of the molecule is O=C(CC1OCCN(Cc2ccccc2)C1=O)Nc1ccc(Br)cc1. The quantitative estimate of drug-likeness (QED) is 0.834. The molecule has 0 bridgehead atoms. The molecule has 0 spiro atoms. The molecule has 1 saturated heterocycles. The third-order valence-electron chi connectivity index (χ3n) is 3.98. The minimum atomic E-state index is -0.729. The Kier molecular flexibility index (Phi) is 5.83. The van der Waals surface area contributed by atoms with Crippen molar-refractivity contribution in [1.29, 1.82) is 0 Å². The van der Waals surface area contributed by atoms with Crippen LogP contribution in [0.1, 0.15) is 12.0 Å². The van der Waals surface area contributed by atoms with Gasteiger partial charge >= 0.3 is 0 Å². The van der Waals surface area contributed by atoms with Crippen LogP contribution in [0.2, 0.25) is 0 Å². The first-order chi connectivity index (χ1) is 12.1. The van der Waals surface area contributed by atoms with Gasteiger partial charge in [-0.15, -0.1) is 0 Å². The number of morpholine rings is 1. The highest BCUT2D eigenvalue weighted by Gasteiger charge is 2.31. The molecule has 6 heteroatoms. The summed E-state index contributed by atoms with van der Waals surface area (Å²) in [5, 5.41) is 2.79. The van der Waals surface area contributed by atoms with E-state index in [4.69, 9.17) is 4.74 Å². The molecule has 1 fully saturated rings. The summed E-state index contributed by atoms with van der Waals surface area (Å²) >= 11 is 3.35. The number of carbonyl (C=O) groups is 2. The van der Waals surface area contributed by atoms with Gasteiger partial charge in [0.2, 0.25) is 5.91 Å². The van der Waals surface area contributed by atoms with E-state index < -0.39 is 6.10 Å². The summed E-state index contributed by atoms with van der Waals surface area (Å²) in [4.78, 5) is 26.5. The lowest BCUT2D eigenvalue weighted by Crippen LogP contribution is -2.48. The number of carbonyl (C=O) groups excluding carboxylic acids is 2. The van der Waals surface area contributed by atoms with E-state index in [-0.39, 0.29) is 18.2 Å². The van der Waals surface area contributed by atoms with E-state index in [0.29, 0.717) is 25.4 Å². The van der Waals surface area contributed by atoms with Crippen LogP contribution in [0.5, 0.6) is 0 Å². The maximum atomic E-state index is 12.6. The molecule has 1 aliphatic rings. The van der Waals surface area contributed by atoms with Gasteiger partial charge in [0.25, 0.3) is 5.91 Å². The maximum absolute atomic E-state index is 12.6. The van der Waals surface area contributed by atoms with Gasteiger partial charge in [-0.25, -0.2) is 0 Å². The van der Waals surface area contributed by atoms with Gasteiger partial charge in [-0.3, -0.25) is 9.59 Å². The molecule has 2 aromatic rings. The van der Waals surface area contributed by atoms with E-state index in [1.165, 1.54) is 0 Å². The highest BCUT2D eigenvalue weighted by molar-refractivity contribution is 9.10. The monoisotopic (exact) mass is 402 g/mol. The van der Waals surface area contributed by atoms with E-state index in [2.05, 4.69) is 21.2 Å². The predicted octanol–water partition coefficient (Wildman–Crippen LogP) is 3.21. The zero-order chi connectivity index (χ0) is 17.6. The molecule has 1 unspecified atom stereocenters. The number of anilines is 1. The molecule has 0 radical (unpaired) electrons. The van der Waals surface area contributed by atoms with Crippen molar-refractivity contribution in [2.45, 2.75) is 19.1 Å². The van der Waals surface area contributed by atoms with E-state index in [1.807, 2.05) is 42.5 Å². The number of benzene rings is 2. The number of nitrogens with one attached hydrogen (secondary N) is 1. The fourth-order valence-corrected chi connectivity index (χ4v) is 2.98. The fraction of sp³-hybridized carbons (Fsp3) is 0.263. The second kappa shape index (κ2) is 8.27. The predicted molar refractivity (Wildman–Crippen MR) is 99.0 cm³/mol. The standard InChI is InChI=1S/C19H19BrN2O3/c20-15-6-8-16(9-7-15)21-18(23)12-17-19(24)22(10-11-25-17)13-14-4-2-1-3-5-14/h1-9,17H,10-13H2,(H,21,23). The lowest BCUT2D eigenvalue weighted by molar-refractivity contribution is -0.155. The molecule has 0 saturated carbocycles. The minimum Gasteiger partial charge on any atom is -0.366 e. The van der Waals surface area contributed by atoms with Gasteiger partial charge in [0.05, 0.1) is 13.0 Å². The highest BCUT2D eigenvalue weighted by Crippen LogP contribution is 2.17. The van der Waals surface area contributed by atoms with Crippen molar-refractivity contribution in [2.75, 3.05) is 18.5 Å². The van der Waals surface area contributed by atoms with Crippen LogP contribution >= 0.6 is 15.9 Å². The van der Waals surface area contributed by atoms with E-state index >= 15 is 0 Å². The second-order valence-corrected chi connectivity index (χ2v) is 6.78. The molecule has 0 aromatic heterocycles. The summed E-state index contributed by atoms with van der Waals surface area (Å²) in [7, 11) is 0. The Morgan fingerprint density at radius 2 is 1.88 bits per heavy atom.